The van der Waals surface area contributed by atoms with Crippen molar-refractivity contribution in [3.8, 4) is 0 Å². The molecule has 0 radical (unpaired) electrons. The first kappa shape index (κ1) is 9.10. The number of hydrogen-bond acceptors (Lipinski definition) is 2. The first-order valence-electron chi connectivity index (χ1n) is 5.51. The van der Waals surface area contributed by atoms with Crippen molar-refractivity contribution in [1.29, 1.82) is 0 Å². The summed E-state index contributed by atoms with van der Waals surface area (Å²) in [7, 11) is 0. The maximum atomic E-state index is 11.4. The van der Waals surface area contributed by atoms with Crippen LogP contribution in [0.15, 0.2) is 30.3 Å². The zero-order valence-electron chi connectivity index (χ0n) is 8.52. The summed E-state index contributed by atoms with van der Waals surface area (Å²) in [6.45, 7) is 0. The van der Waals surface area contributed by atoms with Crippen molar-refractivity contribution >= 4 is 5.78 Å². The van der Waals surface area contributed by atoms with E-state index in [1.54, 1.807) is 0 Å². The molecule has 1 aromatic rings. The highest BCUT2D eigenvalue weighted by molar-refractivity contribution is 5.85. The van der Waals surface area contributed by atoms with Gasteiger partial charge in [-0.05, 0) is 24.3 Å². The topological polar surface area (TPSA) is 37.3 Å². The Morgan fingerprint density at radius 1 is 1.27 bits per heavy atom. The molecule has 78 valence electrons. The SMILES string of the molecule is O=C1C[C@H]2C[C@@H]1C[C@]2(O)c1ccccc1. The molecule has 0 aliphatic heterocycles. The number of benzene rings is 1. The lowest BCUT2D eigenvalue weighted by Crippen LogP contribution is -2.34. The minimum atomic E-state index is -0.736. The summed E-state index contributed by atoms with van der Waals surface area (Å²) in [5.41, 5.74) is 0.241. The van der Waals surface area contributed by atoms with Gasteiger partial charge in [0, 0.05) is 12.3 Å². The molecule has 2 heteroatoms. The minimum absolute atomic E-state index is 0.111. The first-order valence-corrected chi connectivity index (χ1v) is 5.51. The number of hydrogen-bond donors (Lipinski definition) is 1. The summed E-state index contributed by atoms with van der Waals surface area (Å²) < 4.78 is 0. The Bertz CT molecular complexity index is 398. The summed E-state index contributed by atoms with van der Waals surface area (Å²) in [6, 6.07) is 9.77. The number of carbonyl (C=O) groups excluding carboxylic acids is 1. The third-order valence-electron chi connectivity index (χ3n) is 3.98. The van der Waals surface area contributed by atoms with Crippen LogP contribution in [0.4, 0.5) is 0 Å². The molecule has 0 unspecified atom stereocenters. The van der Waals surface area contributed by atoms with Crippen molar-refractivity contribution in [2.75, 3.05) is 0 Å². The second-order valence-corrected chi connectivity index (χ2v) is 4.79. The first-order chi connectivity index (χ1) is 7.20. The second-order valence-electron chi connectivity index (χ2n) is 4.79. The van der Waals surface area contributed by atoms with E-state index in [4.69, 9.17) is 0 Å². The predicted molar refractivity (Wildman–Crippen MR) is 56.2 cm³/mol. The van der Waals surface area contributed by atoms with Gasteiger partial charge in [-0.15, -0.1) is 0 Å². The summed E-state index contributed by atoms with van der Waals surface area (Å²) in [5, 5.41) is 10.6. The van der Waals surface area contributed by atoms with Crippen LogP contribution in [-0.2, 0) is 10.4 Å². The molecule has 3 rings (SSSR count). The van der Waals surface area contributed by atoms with E-state index in [0.29, 0.717) is 18.6 Å². The predicted octanol–water partition coefficient (Wildman–Crippen LogP) is 1.87. The lowest BCUT2D eigenvalue weighted by atomic mass is 9.78. The maximum Gasteiger partial charge on any atom is 0.136 e. The van der Waals surface area contributed by atoms with Gasteiger partial charge in [0.15, 0.2) is 0 Å². The second kappa shape index (κ2) is 2.92. The molecule has 2 aliphatic rings. The van der Waals surface area contributed by atoms with Gasteiger partial charge in [-0.25, -0.2) is 0 Å². The van der Waals surface area contributed by atoms with Gasteiger partial charge in [-0.2, -0.15) is 0 Å². The number of aliphatic hydroxyl groups is 1. The molecule has 2 nitrogen and oxygen atoms in total. The van der Waals surface area contributed by atoms with Crippen LogP contribution in [0.3, 0.4) is 0 Å². The highest BCUT2D eigenvalue weighted by Gasteiger charge is 2.54. The molecule has 2 fully saturated rings. The molecule has 0 spiro atoms. The molecule has 0 heterocycles. The van der Waals surface area contributed by atoms with Gasteiger partial charge in [-0.3, -0.25) is 4.79 Å². The number of rotatable bonds is 1. The molecule has 0 amide bonds. The number of carbonyl (C=O) groups is 1. The smallest absolute Gasteiger partial charge is 0.136 e. The highest BCUT2D eigenvalue weighted by atomic mass is 16.3. The third-order valence-corrected chi connectivity index (χ3v) is 3.98. The zero-order valence-corrected chi connectivity index (χ0v) is 8.52. The van der Waals surface area contributed by atoms with E-state index in [1.807, 2.05) is 30.3 Å². The van der Waals surface area contributed by atoms with Crippen LogP contribution in [0, 0.1) is 11.8 Å². The maximum absolute atomic E-state index is 11.4. The van der Waals surface area contributed by atoms with E-state index >= 15 is 0 Å². The van der Waals surface area contributed by atoms with Crippen molar-refractivity contribution in [3.05, 3.63) is 35.9 Å². The van der Waals surface area contributed by atoms with Gasteiger partial charge in [0.05, 0.1) is 5.60 Å². The lowest BCUT2D eigenvalue weighted by Gasteiger charge is -2.32. The Balaban J connectivity index is 1.98. The molecule has 1 aromatic carbocycles. The van der Waals surface area contributed by atoms with Crippen molar-refractivity contribution in [2.45, 2.75) is 24.9 Å². The van der Waals surface area contributed by atoms with E-state index < -0.39 is 5.60 Å². The summed E-state index contributed by atoms with van der Waals surface area (Å²) in [4.78, 5) is 11.4. The fourth-order valence-electron chi connectivity index (χ4n) is 3.15. The molecule has 1 N–H and O–H groups in total. The van der Waals surface area contributed by atoms with E-state index in [1.165, 1.54) is 0 Å². The van der Waals surface area contributed by atoms with Gasteiger partial charge in [0.1, 0.15) is 5.78 Å². The van der Waals surface area contributed by atoms with Crippen molar-refractivity contribution in [1.82, 2.24) is 0 Å². The Morgan fingerprint density at radius 2 is 2.00 bits per heavy atom. The highest BCUT2D eigenvalue weighted by Crippen LogP contribution is 2.53. The van der Waals surface area contributed by atoms with Crippen molar-refractivity contribution in [3.63, 3.8) is 0 Å². The molecule has 2 saturated carbocycles. The number of fused-ring (bicyclic) bond motifs is 2. The van der Waals surface area contributed by atoms with Crippen LogP contribution in [0.1, 0.15) is 24.8 Å². The van der Waals surface area contributed by atoms with Crippen LogP contribution < -0.4 is 0 Å². The molecule has 2 aliphatic carbocycles. The van der Waals surface area contributed by atoms with E-state index in [2.05, 4.69) is 0 Å². The molecule has 15 heavy (non-hydrogen) atoms. The minimum Gasteiger partial charge on any atom is -0.385 e. The van der Waals surface area contributed by atoms with Crippen LogP contribution in [-0.4, -0.2) is 10.9 Å². The summed E-state index contributed by atoms with van der Waals surface area (Å²) in [5.74, 6) is 0.609. The molecular weight excluding hydrogens is 188 g/mol. The standard InChI is InChI=1S/C13H14O2/c14-12-7-11-6-9(12)8-13(11,15)10-4-2-1-3-5-10/h1-5,9,11,15H,6-8H2/t9-,11-,13+/m1/s1. The number of ketones is 1. The normalized spacial score (nSPS) is 38.6. The quantitative estimate of drug-likeness (QED) is 0.755. The van der Waals surface area contributed by atoms with Crippen LogP contribution in [0.25, 0.3) is 0 Å². The van der Waals surface area contributed by atoms with Crippen LogP contribution in [0.5, 0.6) is 0 Å². The van der Waals surface area contributed by atoms with Gasteiger partial charge < -0.3 is 5.11 Å². The van der Waals surface area contributed by atoms with Crippen molar-refractivity contribution < 1.29 is 9.90 Å². The average molecular weight is 202 g/mol. The van der Waals surface area contributed by atoms with E-state index in [9.17, 15) is 9.90 Å². The van der Waals surface area contributed by atoms with E-state index in [-0.39, 0.29) is 11.8 Å². The fourth-order valence-corrected chi connectivity index (χ4v) is 3.15. The monoisotopic (exact) mass is 202 g/mol. The van der Waals surface area contributed by atoms with E-state index in [0.717, 1.165) is 12.0 Å². The lowest BCUT2D eigenvalue weighted by molar-refractivity contribution is -0.127. The summed E-state index contributed by atoms with van der Waals surface area (Å²) in [6.07, 6.45) is 2.07. The average Bonchev–Trinajstić information content (AvgIpc) is 2.76. The fraction of sp³-hybridized carbons (Fsp3) is 0.462. The Kier molecular flexibility index (Phi) is 1.77. The Hall–Kier alpha value is -1.15. The van der Waals surface area contributed by atoms with Crippen LogP contribution in [0.2, 0.25) is 0 Å². The molecule has 0 aromatic heterocycles. The number of Topliss-reactive ketones (excluding diaryl/α,β-unsaturated/α-hetero) is 1. The molecule has 3 atom stereocenters. The molecule has 2 bridgehead atoms. The molecular formula is C13H14O2. The van der Waals surface area contributed by atoms with Gasteiger partial charge >= 0.3 is 0 Å². The summed E-state index contributed by atoms with van der Waals surface area (Å²) >= 11 is 0. The van der Waals surface area contributed by atoms with Gasteiger partial charge in [-0.1, -0.05) is 30.3 Å². The largest absolute Gasteiger partial charge is 0.385 e. The Labute approximate surface area is 88.9 Å². The third kappa shape index (κ3) is 1.18. The molecule has 0 saturated heterocycles. The van der Waals surface area contributed by atoms with Crippen molar-refractivity contribution in [2.24, 2.45) is 11.8 Å². The van der Waals surface area contributed by atoms with Crippen LogP contribution >= 0.6 is 0 Å². The Morgan fingerprint density at radius 3 is 2.53 bits per heavy atom. The van der Waals surface area contributed by atoms with Gasteiger partial charge in [0.25, 0.3) is 0 Å². The zero-order chi connectivity index (χ0) is 10.5. The van der Waals surface area contributed by atoms with Gasteiger partial charge in [0.2, 0.25) is 0 Å².